The molecule has 0 radical (unpaired) electrons. The van der Waals surface area contributed by atoms with Gasteiger partial charge in [0.05, 0.1) is 5.52 Å². The number of nitrogens with one attached hydrogen (secondary N) is 1. The second-order valence-corrected chi connectivity index (χ2v) is 9.40. The third kappa shape index (κ3) is 3.11. The highest BCUT2D eigenvalue weighted by Crippen LogP contribution is 2.54. The lowest BCUT2D eigenvalue weighted by Gasteiger charge is -2.23. The van der Waals surface area contributed by atoms with Gasteiger partial charge in [-0.2, -0.15) is 0 Å². The smallest absolute Gasteiger partial charge is 0.251 e. The number of amides is 2. The van der Waals surface area contributed by atoms with Gasteiger partial charge in [-0.3, -0.25) is 9.59 Å². The van der Waals surface area contributed by atoms with Crippen molar-refractivity contribution in [3.8, 4) is 17.2 Å². The molecular formula is C27H23N5O5. The molecule has 4 aromatic rings. The van der Waals surface area contributed by atoms with Crippen molar-refractivity contribution in [2.75, 3.05) is 31.4 Å². The van der Waals surface area contributed by atoms with Crippen molar-refractivity contribution in [3.05, 3.63) is 71.3 Å². The number of hydrogen-bond donors (Lipinski definition) is 1. The maximum atomic E-state index is 14.0. The molecule has 1 aromatic heterocycles. The molecule has 10 heteroatoms. The second-order valence-electron chi connectivity index (χ2n) is 9.40. The van der Waals surface area contributed by atoms with Crippen LogP contribution in [0.3, 0.4) is 0 Å². The first-order valence-corrected chi connectivity index (χ1v) is 12.1. The maximum Gasteiger partial charge on any atom is 0.251 e. The van der Waals surface area contributed by atoms with E-state index in [4.69, 9.17) is 14.2 Å². The summed E-state index contributed by atoms with van der Waals surface area (Å²) in [6.07, 6.45) is 0.587. The summed E-state index contributed by atoms with van der Waals surface area (Å²) in [4.78, 5) is 28.5. The summed E-state index contributed by atoms with van der Waals surface area (Å²) < 4.78 is 18.8. The Hall–Kier alpha value is -4.60. The summed E-state index contributed by atoms with van der Waals surface area (Å²) in [6, 6.07) is 16.8. The number of aryl methyl sites for hydroxylation is 1. The first-order chi connectivity index (χ1) is 18.1. The largest absolute Gasteiger partial charge is 0.491 e. The summed E-state index contributed by atoms with van der Waals surface area (Å²) in [7, 11) is 1.81. The number of fused-ring (bicyclic) bond motifs is 6. The minimum Gasteiger partial charge on any atom is -0.491 e. The Bertz CT molecular complexity index is 1600. The summed E-state index contributed by atoms with van der Waals surface area (Å²) in [5.41, 5.74) is 3.69. The molecule has 0 saturated heterocycles. The fourth-order valence-corrected chi connectivity index (χ4v) is 5.51. The van der Waals surface area contributed by atoms with Crippen LogP contribution in [-0.4, -0.2) is 53.3 Å². The first kappa shape index (κ1) is 21.7. The number of ether oxygens (including phenoxy) is 3. The number of rotatable bonds is 5. The number of para-hydroxylation sites is 1. The Labute approximate surface area is 211 Å². The third-order valence-electron chi connectivity index (χ3n) is 7.36. The molecule has 0 fully saturated rings. The van der Waals surface area contributed by atoms with Gasteiger partial charge in [0.15, 0.2) is 11.5 Å². The van der Waals surface area contributed by atoms with Crippen LogP contribution in [0, 0.1) is 0 Å². The molecular weight excluding hydrogens is 474 g/mol. The SMILES string of the molecule is Cn1nnc2cc(C(=O)NCCCN3C(=O)C4(COc5cc6c(cc54)OCO6)c4ccccc43)ccc21. The second kappa shape index (κ2) is 7.95. The fourth-order valence-electron chi connectivity index (χ4n) is 5.51. The average Bonchev–Trinajstić information content (AvgIpc) is 3.67. The van der Waals surface area contributed by atoms with Crippen LogP contribution < -0.4 is 24.4 Å². The molecule has 10 nitrogen and oxygen atoms in total. The van der Waals surface area contributed by atoms with Gasteiger partial charge < -0.3 is 24.4 Å². The molecule has 3 aromatic carbocycles. The number of aromatic nitrogens is 3. The Kier molecular flexibility index (Phi) is 4.66. The Morgan fingerprint density at radius 1 is 1.03 bits per heavy atom. The van der Waals surface area contributed by atoms with E-state index in [1.807, 2.05) is 43.4 Å². The fraction of sp³-hybridized carbons (Fsp3) is 0.259. The Balaban J connectivity index is 1.09. The van der Waals surface area contributed by atoms with Crippen molar-refractivity contribution in [2.24, 2.45) is 7.05 Å². The lowest BCUT2D eigenvalue weighted by atomic mass is 9.77. The van der Waals surface area contributed by atoms with Crippen LogP contribution in [0.1, 0.15) is 27.9 Å². The van der Waals surface area contributed by atoms with Crippen LogP contribution in [0.5, 0.6) is 17.2 Å². The minimum atomic E-state index is -0.928. The topological polar surface area (TPSA) is 108 Å². The molecule has 1 N–H and O–H groups in total. The molecule has 7 rings (SSSR count). The van der Waals surface area contributed by atoms with Crippen LogP contribution in [-0.2, 0) is 17.3 Å². The lowest BCUT2D eigenvalue weighted by Crippen LogP contribution is -2.43. The highest BCUT2D eigenvalue weighted by atomic mass is 16.7. The standard InChI is InChI=1S/C27H23N5O5/c1-31-21-8-7-16(11-19(21)29-30-31)25(33)28-9-4-10-32-20-6-3-2-5-17(20)27(26(32)34)14-35-22-13-24-23(12-18(22)27)36-15-37-24/h2-3,5-8,11-13H,4,9-10,14-15H2,1H3,(H,28,33). The van der Waals surface area contributed by atoms with Gasteiger partial charge in [-0.15, -0.1) is 5.10 Å². The zero-order chi connectivity index (χ0) is 25.1. The lowest BCUT2D eigenvalue weighted by molar-refractivity contribution is -0.122. The molecule has 0 bridgehead atoms. The number of anilines is 1. The van der Waals surface area contributed by atoms with Crippen molar-refractivity contribution in [3.63, 3.8) is 0 Å². The molecule has 3 aliphatic rings. The van der Waals surface area contributed by atoms with E-state index in [0.717, 1.165) is 22.3 Å². The van der Waals surface area contributed by atoms with Crippen LogP contribution in [0.4, 0.5) is 5.69 Å². The van der Waals surface area contributed by atoms with E-state index >= 15 is 0 Å². The highest BCUT2D eigenvalue weighted by Gasteiger charge is 2.57. The van der Waals surface area contributed by atoms with Gasteiger partial charge in [0, 0.05) is 43.0 Å². The van der Waals surface area contributed by atoms with Gasteiger partial charge in [-0.25, -0.2) is 4.68 Å². The molecule has 37 heavy (non-hydrogen) atoms. The molecule has 4 heterocycles. The van der Waals surface area contributed by atoms with Crippen LogP contribution in [0.25, 0.3) is 11.0 Å². The Morgan fingerprint density at radius 3 is 2.76 bits per heavy atom. The predicted octanol–water partition coefficient (Wildman–Crippen LogP) is 2.54. The summed E-state index contributed by atoms with van der Waals surface area (Å²) in [5, 5.41) is 11.0. The zero-order valence-corrected chi connectivity index (χ0v) is 20.1. The summed E-state index contributed by atoms with van der Waals surface area (Å²) in [5.74, 6) is 1.66. The minimum absolute atomic E-state index is 0.0363. The molecule has 1 spiro atoms. The van der Waals surface area contributed by atoms with Crippen LogP contribution in [0.2, 0.25) is 0 Å². The van der Waals surface area contributed by atoms with Gasteiger partial charge in [-0.05, 0) is 42.3 Å². The van der Waals surface area contributed by atoms with E-state index < -0.39 is 5.41 Å². The van der Waals surface area contributed by atoms with Gasteiger partial charge in [0.1, 0.15) is 23.3 Å². The molecule has 0 aliphatic carbocycles. The van der Waals surface area contributed by atoms with E-state index in [2.05, 4.69) is 15.6 Å². The number of carbonyl (C=O) groups is 2. The van der Waals surface area contributed by atoms with Crippen molar-refractivity contribution in [2.45, 2.75) is 11.8 Å². The monoisotopic (exact) mass is 497 g/mol. The molecule has 2 amide bonds. The Morgan fingerprint density at radius 2 is 1.86 bits per heavy atom. The normalized spacial score (nSPS) is 18.8. The number of hydrogen-bond acceptors (Lipinski definition) is 7. The highest BCUT2D eigenvalue weighted by molar-refractivity contribution is 6.11. The number of nitrogens with zero attached hydrogens (tertiary/aromatic N) is 4. The zero-order valence-electron chi connectivity index (χ0n) is 20.1. The summed E-state index contributed by atoms with van der Waals surface area (Å²) >= 11 is 0. The van der Waals surface area contributed by atoms with Crippen LogP contribution >= 0.6 is 0 Å². The van der Waals surface area contributed by atoms with Crippen LogP contribution in [0.15, 0.2) is 54.6 Å². The van der Waals surface area contributed by atoms with Crippen molar-refractivity contribution in [1.82, 2.24) is 20.3 Å². The van der Waals surface area contributed by atoms with E-state index in [-0.39, 0.29) is 25.2 Å². The van der Waals surface area contributed by atoms with Gasteiger partial charge in [0.25, 0.3) is 5.91 Å². The van der Waals surface area contributed by atoms with E-state index in [9.17, 15) is 9.59 Å². The van der Waals surface area contributed by atoms with E-state index in [1.165, 1.54) is 0 Å². The number of benzene rings is 3. The molecule has 0 saturated carbocycles. The molecule has 186 valence electrons. The van der Waals surface area contributed by atoms with E-state index in [0.29, 0.717) is 47.8 Å². The average molecular weight is 498 g/mol. The quantitative estimate of drug-likeness (QED) is 0.422. The van der Waals surface area contributed by atoms with Gasteiger partial charge >= 0.3 is 0 Å². The van der Waals surface area contributed by atoms with E-state index in [1.54, 1.807) is 27.8 Å². The molecule has 3 aliphatic heterocycles. The molecule has 1 unspecified atom stereocenters. The van der Waals surface area contributed by atoms with Crippen molar-refractivity contribution in [1.29, 1.82) is 0 Å². The van der Waals surface area contributed by atoms with Crippen molar-refractivity contribution < 1.29 is 23.8 Å². The van der Waals surface area contributed by atoms with Gasteiger partial charge in [0.2, 0.25) is 12.7 Å². The van der Waals surface area contributed by atoms with Crippen molar-refractivity contribution >= 4 is 28.5 Å². The predicted molar refractivity (Wildman–Crippen MR) is 133 cm³/mol. The summed E-state index contributed by atoms with van der Waals surface area (Å²) in [6.45, 7) is 1.25. The first-order valence-electron chi connectivity index (χ1n) is 12.1. The molecule has 1 atom stereocenters. The van der Waals surface area contributed by atoms with Gasteiger partial charge in [-0.1, -0.05) is 23.4 Å². The number of carbonyl (C=O) groups excluding carboxylic acids is 2. The third-order valence-corrected chi connectivity index (χ3v) is 7.36. The maximum absolute atomic E-state index is 14.0.